The molecular formula is C24H37N5O3. The van der Waals surface area contributed by atoms with Gasteiger partial charge in [-0.3, -0.25) is 4.79 Å². The first kappa shape index (κ1) is 23.9. The zero-order chi connectivity index (χ0) is 22.9. The molecule has 3 N–H and O–H groups in total. The summed E-state index contributed by atoms with van der Waals surface area (Å²) in [5.41, 5.74) is 0.998. The van der Waals surface area contributed by atoms with E-state index in [2.05, 4.69) is 16.0 Å². The van der Waals surface area contributed by atoms with Gasteiger partial charge in [-0.1, -0.05) is 63.4 Å². The highest BCUT2D eigenvalue weighted by molar-refractivity contribution is 5.87. The van der Waals surface area contributed by atoms with E-state index >= 15 is 0 Å². The van der Waals surface area contributed by atoms with Crippen LogP contribution in [0.1, 0.15) is 51.5 Å². The fraction of sp³-hybridized carbons (Fsp3) is 0.625. The Balaban J connectivity index is 1.45. The number of urea groups is 2. The average molecular weight is 444 g/mol. The van der Waals surface area contributed by atoms with Gasteiger partial charge in [0.05, 0.1) is 0 Å². The zero-order valence-corrected chi connectivity index (χ0v) is 19.3. The van der Waals surface area contributed by atoms with Gasteiger partial charge in [0.2, 0.25) is 5.91 Å². The largest absolute Gasteiger partial charge is 0.337 e. The number of carbonyl (C=O) groups excluding carboxylic acids is 3. The van der Waals surface area contributed by atoms with Crippen LogP contribution in [0.15, 0.2) is 30.3 Å². The number of rotatable bonds is 6. The van der Waals surface area contributed by atoms with E-state index in [9.17, 15) is 14.4 Å². The van der Waals surface area contributed by atoms with Crippen molar-refractivity contribution in [1.82, 2.24) is 25.8 Å². The molecule has 2 aliphatic rings. The molecule has 8 heteroatoms. The molecule has 1 aliphatic carbocycles. The molecular weight excluding hydrogens is 406 g/mol. The minimum Gasteiger partial charge on any atom is -0.337 e. The molecule has 176 valence electrons. The molecule has 3 rings (SSSR count). The molecule has 1 aliphatic heterocycles. The number of amides is 5. The fourth-order valence-corrected chi connectivity index (χ4v) is 4.32. The zero-order valence-electron chi connectivity index (χ0n) is 19.3. The van der Waals surface area contributed by atoms with Crippen molar-refractivity contribution in [2.75, 3.05) is 26.2 Å². The molecule has 1 unspecified atom stereocenters. The summed E-state index contributed by atoms with van der Waals surface area (Å²) in [6, 6.07) is 8.94. The Kier molecular flexibility index (Phi) is 8.76. The lowest BCUT2D eigenvalue weighted by atomic mass is 9.96. The highest BCUT2D eigenvalue weighted by Gasteiger charge is 2.32. The van der Waals surface area contributed by atoms with E-state index in [1.54, 1.807) is 9.80 Å². The summed E-state index contributed by atoms with van der Waals surface area (Å²) < 4.78 is 0. The summed E-state index contributed by atoms with van der Waals surface area (Å²) in [5, 5.41) is 8.80. The van der Waals surface area contributed by atoms with Gasteiger partial charge in [0, 0.05) is 38.8 Å². The molecule has 0 spiro atoms. The van der Waals surface area contributed by atoms with E-state index in [1.165, 1.54) is 19.3 Å². The molecule has 8 nitrogen and oxygen atoms in total. The quantitative estimate of drug-likeness (QED) is 0.631. The normalized spacial score (nSPS) is 18.2. The van der Waals surface area contributed by atoms with Gasteiger partial charge < -0.3 is 25.8 Å². The third-order valence-electron chi connectivity index (χ3n) is 6.33. The van der Waals surface area contributed by atoms with Gasteiger partial charge in [-0.05, 0) is 24.3 Å². The van der Waals surface area contributed by atoms with Crippen LogP contribution < -0.4 is 16.0 Å². The summed E-state index contributed by atoms with van der Waals surface area (Å²) in [4.78, 5) is 41.6. The molecule has 1 saturated heterocycles. The second kappa shape index (κ2) is 11.7. The fourth-order valence-electron chi connectivity index (χ4n) is 4.32. The summed E-state index contributed by atoms with van der Waals surface area (Å²) in [6.07, 6.45) is 5.71. The monoisotopic (exact) mass is 443 g/mol. The van der Waals surface area contributed by atoms with E-state index in [-0.39, 0.29) is 29.9 Å². The van der Waals surface area contributed by atoms with Crippen molar-refractivity contribution in [3.05, 3.63) is 35.9 Å². The lowest BCUT2D eigenvalue weighted by Crippen LogP contribution is -2.59. The maximum Gasteiger partial charge on any atom is 0.317 e. The standard InChI is InChI=1S/C24H37N5O3/c1-18(2)21(27-23(31)25-17-19-9-5-3-6-10-19)22(30)28-13-15-29(16-14-28)24(32)26-20-11-7-4-8-12-20/h3,5-6,9-10,18,20-21H,4,7-8,11-17H2,1-2H3,(H,26,32)(H2,25,27,31). The molecule has 5 amide bonds. The molecule has 0 aromatic heterocycles. The van der Waals surface area contributed by atoms with Gasteiger partial charge in [0.1, 0.15) is 6.04 Å². The van der Waals surface area contributed by atoms with Gasteiger partial charge in [-0.25, -0.2) is 9.59 Å². The minimum absolute atomic E-state index is 0.0252. The van der Waals surface area contributed by atoms with Crippen molar-refractivity contribution >= 4 is 18.0 Å². The van der Waals surface area contributed by atoms with Crippen molar-refractivity contribution in [1.29, 1.82) is 0 Å². The summed E-state index contributed by atoms with van der Waals surface area (Å²) in [6.45, 7) is 6.23. The van der Waals surface area contributed by atoms with Gasteiger partial charge in [0.15, 0.2) is 0 Å². The minimum atomic E-state index is -0.603. The molecule has 0 bridgehead atoms. The van der Waals surface area contributed by atoms with Crippen LogP contribution >= 0.6 is 0 Å². The highest BCUT2D eigenvalue weighted by Crippen LogP contribution is 2.18. The number of hydrogen-bond acceptors (Lipinski definition) is 3. The topological polar surface area (TPSA) is 93.8 Å². The van der Waals surface area contributed by atoms with E-state index in [0.717, 1.165) is 18.4 Å². The van der Waals surface area contributed by atoms with Crippen LogP contribution in [0.5, 0.6) is 0 Å². The second-order valence-electron chi connectivity index (χ2n) is 9.13. The third kappa shape index (κ3) is 6.87. The molecule has 32 heavy (non-hydrogen) atoms. The first-order valence-corrected chi connectivity index (χ1v) is 11.9. The van der Waals surface area contributed by atoms with E-state index in [1.807, 2.05) is 44.2 Å². The van der Waals surface area contributed by atoms with Crippen LogP contribution in [0.4, 0.5) is 9.59 Å². The number of nitrogens with zero attached hydrogens (tertiary/aromatic N) is 2. The van der Waals surface area contributed by atoms with Crippen molar-refractivity contribution in [2.24, 2.45) is 5.92 Å². The summed E-state index contributed by atoms with van der Waals surface area (Å²) in [7, 11) is 0. The Bertz CT molecular complexity index is 756. The Morgan fingerprint density at radius 1 is 0.938 bits per heavy atom. The maximum atomic E-state index is 13.1. The Morgan fingerprint density at radius 2 is 1.56 bits per heavy atom. The Labute approximate surface area is 191 Å². The molecule has 2 fully saturated rings. The molecule has 1 aromatic carbocycles. The van der Waals surface area contributed by atoms with Gasteiger partial charge >= 0.3 is 12.1 Å². The first-order chi connectivity index (χ1) is 15.4. The first-order valence-electron chi connectivity index (χ1n) is 11.9. The number of nitrogens with one attached hydrogen (secondary N) is 3. The predicted molar refractivity (Wildman–Crippen MR) is 124 cm³/mol. The number of hydrogen-bond donors (Lipinski definition) is 3. The van der Waals surface area contributed by atoms with Crippen molar-refractivity contribution < 1.29 is 14.4 Å². The van der Waals surface area contributed by atoms with Crippen LogP contribution in [0.3, 0.4) is 0 Å². The molecule has 0 radical (unpaired) electrons. The average Bonchev–Trinajstić information content (AvgIpc) is 2.82. The van der Waals surface area contributed by atoms with E-state index in [4.69, 9.17) is 0 Å². The second-order valence-corrected chi connectivity index (χ2v) is 9.13. The van der Waals surface area contributed by atoms with Crippen LogP contribution in [0.2, 0.25) is 0 Å². The molecule has 1 saturated carbocycles. The number of piperazine rings is 1. The summed E-state index contributed by atoms with van der Waals surface area (Å²) in [5.74, 6) is -0.139. The van der Waals surface area contributed by atoms with E-state index in [0.29, 0.717) is 32.7 Å². The van der Waals surface area contributed by atoms with Crippen LogP contribution in [0, 0.1) is 5.92 Å². The van der Waals surface area contributed by atoms with Crippen molar-refractivity contribution in [3.8, 4) is 0 Å². The van der Waals surface area contributed by atoms with Gasteiger partial charge in [0.25, 0.3) is 0 Å². The number of benzene rings is 1. The van der Waals surface area contributed by atoms with Gasteiger partial charge in [-0.2, -0.15) is 0 Å². The molecule has 1 aromatic rings. The SMILES string of the molecule is CC(C)C(NC(=O)NCc1ccccc1)C(=O)N1CCN(C(=O)NC2CCCCC2)CC1. The molecule has 1 heterocycles. The van der Waals surface area contributed by atoms with Crippen LogP contribution in [-0.4, -0.2) is 66.0 Å². The lowest BCUT2D eigenvalue weighted by molar-refractivity contribution is -0.135. The molecule has 1 atom stereocenters. The van der Waals surface area contributed by atoms with E-state index < -0.39 is 6.04 Å². The lowest BCUT2D eigenvalue weighted by Gasteiger charge is -2.38. The van der Waals surface area contributed by atoms with Crippen LogP contribution in [-0.2, 0) is 11.3 Å². The Hall–Kier alpha value is -2.77. The highest BCUT2D eigenvalue weighted by atomic mass is 16.2. The van der Waals surface area contributed by atoms with Crippen molar-refractivity contribution in [3.63, 3.8) is 0 Å². The number of carbonyl (C=O) groups is 3. The maximum absolute atomic E-state index is 13.1. The Morgan fingerprint density at radius 3 is 2.19 bits per heavy atom. The predicted octanol–water partition coefficient (Wildman–Crippen LogP) is 2.70. The van der Waals surface area contributed by atoms with Gasteiger partial charge in [-0.15, -0.1) is 0 Å². The van der Waals surface area contributed by atoms with Crippen molar-refractivity contribution in [2.45, 2.75) is 64.6 Å². The van der Waals surface area contributed by atoms with Crippen LogP contribution in [0.25, 0.3) is 0 Å². The third-order valence-corrected chi connectivity index (χ3v) is 6.33. The summed E-state index contributed by atoms with van der Waals surface area (Å²) >= 11 is 0. The smallest absolute Gasteiger partial charge is 0.317 e.